The maximum absolute atomic E-state index is 12.8. The number of anilines is 2. The van der Waals surface area contributed by atoms with Crippen LogP contribution in [0.1, 0.15) is 51.7 Å². The number of aryl methyl sites for hydroxylation is 2. The quantitative estimate of drug-likeness (QED) is 0.695. The summed E-state index contributed by atoms with van der Waals surface area (Å²) in [6, 6.07) is 3.78. The van der Waals surface area contributed by atoms with Gasteiger partial charge in [-0.15, -0.1) is 0 Å². The zero-order valence-electron chi connectivity index (χ0n) is 20.1. The van der Waals surface area contributed by atoms with Crippen LogP contribution >= 0.6 is 0 Å². The molecule has 32 heavy (non-hydrogen) atoms. The summed E-state index contributed by atoms with van der Waals surface area (Å²) in [5.41, 5.74) is 4.25. The van der Waals surface area contributed by atoms with Gasteiger partial charge in [0.15, 0.2) is 0 Å². The van der Waals surface area contributed by atoms with Crippen molar-refractivity contribution < 1.29 is 17.9 Å². The minimum atomic E-state index is -3.30. The van der Waals surface area contributed by atoms with Crippen LogP contribution < -0.4 is 14.9 Å². The van der Waals surface area contributed by atoms with Gasteiger partial charge in [0, 0.05) is 43.6 Å². The summed E-state index contributed by atoms with van der Waals surface area (Å²) < 4.78 is 32.8. The second-order valence-corrected chi connectivity index (χ2v) is 11.8. The Morgan fingerprint density at radius 3 is 2.09 bits per heavy atom. The largest absolute Gasteiger partial charge is 0.372 e. The highest BCUT2D eigenvalue weighted by Crippen LogP contribution is 2.31. The topological polar surface area (TPSA) is 91.0 Å². The fourth-order valence-electron chi connectivity index (χ4n) is 4.66. The molecule has 2 atom stereocenters. The van der Waals surface area contributed by atoms with Crippen LogP contribution in [0.5, 0.6) is 0 Å². The SMILES string of the molecule is Cc1cc(NC(=O)N2CCC(NS(=O)(=O)C(C)C)CC2)cc(C)c1N1CC(C)OC(C)C1. The van der Waals surface area contributed by atoms with E-state index in [4.69, 9.17) is 4.74 Å². The predicted molar refractivity (Wildman–Crippen MR) is 129 cm³/mol. The first-order valence-corrected chi connectivity index (χ1v) is 13.1. The van der Waals surface area contributed by atoms with Gasteiger partial charge in [0.25, 0.3) is 0 Å². The highest BCUT2D eigenvalue weighted by atomic mass is 32.2. The number of sulfonamides is 1. The van der Waals surface area contributed by atoms with Crippen LogP contribution in [0.15, 0.2) is 12.1 Å². The van der Waals surface area contributed by atoms with Gasteiger partial charge in [-0.1, -0.05) is 0 Å². The molecule has 2 heterocycles. The molecule has 2 amide bonds. The molecule has 3 rings (SSSR count). The molecule has 2 N–H and O–H groups in total. The average Bonchev–Trinajstić information content (AvgIpc) is 2.66. The van der Waals surface area contributed by atoms with E-state index in [0.29, 0.717) is 25.9 Å². The number of carbonyl (C=O) groups is 1. The van der Waals surface area contributed by atoms with E-state index in [1.54, 1.807) is 18.7 Å². The van der Waals surface area contributed by atoms with E-state index in [9.17, 15) is 13.2 Å². The Balaban J connectivity index is 1.60. The fraction of sp³-hybridized carbons (Fsp3) is 0.696. The minimum Gasteiger partial charge on any atom is -0.372 e. The molecule has 0 spiro atoms. The van der Waals surface area contributed by atoms with E-state index in [1.807, 2.05) is 12.1 Å². The summed E-state index contributed by atoms with van der Waals surface area (Å²) in [7, 11) is -3.30. The number of benzene rings is 1. The lowest BCUT2D eigenvalue weighted by Gasteiger charge is -2.38. The molecule has 1 aromatic carbocycles. The zero-order valence-corrected chi connectivity index (χ0v) is 21.0. The van der Waals surface area contributed by atoms with E-state index >= 15 is 0 Å². The molecule has 180 valence electrons. The first-order chi connectivity index (χ1) is 15.0. The van der Waals surface area contributed by atoms with Crippen LogP contribution in [0.2, 0.25) is 0 Å². The molecule has 0 bridgehead atoms. The number of likely N-dealkylation sites (tertiary alicyclic amines) is 1. The van der Waals surface area contributed by atoms with Gasteiger partial charge in [-0.3, -0.25) is 0 Å². The average molecular weight is 467 g/mol. The van der Waals surface area contributed by atoms with Gasteiger partial charge in [-0.05, 0) is 77.6 Å². The zero-order chi connectivity index (χ0) is 23.6. The molecular weight excluding hydrogens is 428 g/mol. The van der Waals surface area contributed by atoms with E-state index in [0.717, 1.165) is 29.9 Å². The van der Waals surface area contributed by atoms with E-state index in [-0.39, 0.29) is 24.3 Å². The number of hydrogen-bond acceptors (Lipinski definition) is 5. The van der Waals surface area contributed by atoms with Gasteiger partial charge in [-0.25, -0.2) is 17.9 Å². The fourth-order valence-corrected chi connectivity index (χ4v) is 5.63. The van der Waals surface area contributed by atoms with Crippen molar-refractivity contribution in [2.45, 2.75) is 77.9 Å². The molecule has 0 aromatic heterocycles. The Bertz CT molecular complexity index is 893. The standard InChI is InChI=1S/C23H38N4O4S/c1-15(2)32(29,30)25-20-7-9-26(10-8-20)23(28)24-21-11-16(3)22(17(4)12-21)27-13-18(5)31-19(6)14-27/h11-12,15,18-20,25H,7-10,13-14H2,1-6H3,(H,24,28). The first kappa shape index (κ1) is 24.8. The molecule has 9 heteroatoms. The number of rotatable bonds is 5. The van der Waals surface area contributed by atoms with Crippen molar-refractivity contribution in [3.05, 3.63) is 23.3 Å². The van der Waals surface area contributed by atoms with Crippen LogP contribution in [0, 0.1) is 13.8 Å². The number of carbonyl (C=O) groups excluding carboxylic acids is 1. The number of amides is 2. The Labute approximate surface area is 192 Å². The van der Waals surface area contributed by atoms with Crippen LogP contribution in [0.4, 0.5) is 16.2 Å². The number of ether oxygens (including phenoxy) is 1. The smallest absolute Gasteiger partial charge is 0.321 e. The molecule has 1 aromatic rings. The van der Waals surface area contributed by atoms with Gasteiger partial charge in [0.05, 0.1) is 17.5 Å². The Morgan fingerprint density at radius 1 is 1.06 bits per heavy atom. The van der Waals surface area contributed by atoms with E-state index in [2.05, 4.69) is 42.6 Å². The van der Waals surface area contributed by atoms with Gasteiger partial charge in [-0.2, -0.15) is 0 Å². The van der Waals surface area contributed by atoms with Gasteiger partial charge < -0.3 is 19.9 Å². The lowest BCUT2D eigenvalue weighted by atomic mass is 10.0. The number of nitrogens with one attached hydrogen (secondary N) is 2. The van der Waals surface area contributed by atoms with Crippen molar-refractivity contribution in [1.29, 1.82) is 0 Å². The highest BCUT2D eigenvalue weighted by Gasteiger charge is 2.28. The Morgan fingerprint density at radius 2 is 1.59 bits per heavy atom. The molecule has 2 saturated heterocycles. The van der Waals surface area contributed by atoms with Crippen molar-refractivity contribution in [2.24, 2.45) is 0 Å². The number of nitrogens with zero attached hydrogens (tertiary/aromatic N) is 2. The lowest BCUT2D eigenvalue weighted by molar-refractivity contribution is -0.00527. The maximum atomic E-state index is 12.8. The third-order valence-corrected chi connectivity index (χ3v) is 8.11. The van der Waals surface area contributed by atoms with Crippen LogP contribution in [0.3, 0.4) is 0 Å². The molecule has 2 aliphatic heterocycles. The van der Waals surface area contributed by atoms with Gasteiger partial charge in [0.2, 0.25) is 10.0 Å². The summed E-state index contributed by atoms with van der Waals surface area (Å²) in [5.74, 6) is 0. The highest BCUT2D eigenvalue weighted by molar-refractivity contribution is 7.90. The monoisotopic (exact) mass is 466 g/mol. The number of hydrogen-bond donors (Lipinski definition) is 2. The van der Waals surface area contributed by atoms with Crippen LogP contribution in [-0.4, -0.2) is 69.0 Å². The van der Waals surface area contributed by atoms with Crippen LogP contribution in [-0.2, 0) is 14.8 Å². The van der Waals surface area contributed by atoms with Crippen molar-refractivity contribution >= 4 is 27.4 Å². The number of morpholine rings is 1. The third-order valence-electron chi connectivity index (χ3n) is 6.21. The summed E-state index contributed by atoms with van der Waals surface area (Å²) in [5, 5.41) is 2.57. The molecule has 0 saturated carbocycles. The van der Waals surface area contributed by atoms with Crippen molar-refractivity contribution in [2.75, 3.05) is 36.4 Å². The molecule has 2 aliphatic rings. The normalized spacial score (nSPS) is 23.0. The molecular formula is C23H38N4O4S. The summed E-state index contributed by atoms with van der Waals surface area (Å²) >= 11 is 0. The molecule has 8 nitrogen and oxygen atoms in total. The molecule has 2 fully saturated rings. The maximum Gasteiger partial charge on any atom is 0.321 e. The van der Waals surface area contributed by atoms with Crippen molar-refractivity contribution in [3.63, 3.8) is 0 Å². The van der Waals surface area contributed by atoms with E-state index in [1.165, 1.54) is 5.69 Å². The summed E-state index contributed by atoms with van der Waals surface area (Å²) in [4.78, 5) is 16.9. The second kappa shape index (κ2) is 9.97. The van der Waals surface area contributed by atoms with E-state index < -0.39 is 15.3 Å². The lowest BCUT2D eigenvalue weighted by Crippen LogP contribution is -2.48. The van der Waals surface area contributed by atoms with Gasteiger partial charge >= 0.3 is 6.03 Å². The predicted octanol–water partition coefficient (Wildman–Crippen LogP) is 3.24. The first-order valence-electron chi connectivity index (χ1n) is 11.5. The van der Waals surface area contributed by atoms with Crippen molar-refractivity contribution in [1.82, 2.24) is 9.62 Å². The minimum absolute atomic E-state index is 0.117. The number of urea groups is 1. The molecule has 0 aliphatic carbocycles. The van der Waals surface area contributed by atoms with Crippen LogP contribution in [0.25, 0.3) is 0 Å². The summed E-state index contributed by atoms with van der Waals surface area (Å²) in [6.45, 7) is 14.4. The molecule has 2 unspecified atom stereocenters. The third kappa shape index (κ3) is 5.94. The number of piperidine rings is 1. The molecule has 0 radical (unpaired) electrons. The Kier molecular flexibility index (Phi) is 7.73. The van der Waals surface area contributed by atoms with Gasteiger partial charge in [0.1, 0.15) is 0 Å². The summed E-state index contributed by atoms with van der Waals surface area (Å²) in [6.07, 6.45) is 1.60. The second-order valence-electron chi connectivity index (χ2n) is 9.52. The van der Waals surface area contributed by atoms with Crippen molar-refractivity contribution in [3.8, 4) is 0 Å². The Hall–Kier alpha value is -1.84.